The summed E-state index contributed by atoms with van der Waals surface area (Å²) in [5.41, 5.74) is 1.03. The number of sulfonamides is 1. The van der Waals surface area contributed by atoms with E-state index in [1.54, 1.807) is 30.6 Å². The van der Waals surface area contributed by atoms with Gasteiger partial charge in [0.05, 0.1) is 4.90 Å². The molecule has 1 atom stereocenters. The van der Waals surface area contributed by atoms with Crippen LogP contribution < -0.4 is 10.0 Å². The van der Waals surface area contributed by atoms with Gasteiger partial charge in [0.2, 0.25) is 10.0 Å². The first-order valence-electron chi connectivity index (χ1n) is 7.66. The molecular weight excluding hydrogens is 322 g/mol. The van der Waals surface area contributed by atoms with Gasteiger partial charge in [0.15, 0.2) is 0 Å². The van der Waals surface area contributed by atoms with E-state index in [-0.39, 0.29) is 17.5 Å². The zero-order valence-corrected chi connectivity index (χ0v) is 14.1. The maximum atomic E-state index is 12.7. The quantitative estimate of drug-likeness (QED) is 0.722. The maximum Gasteiger partial charge on any atom is 0.241 e. The van der Waals surface area contributed by atoms with Crippen LogP contribution in [0.3, 0.4) is 0 Å². The van der Waals surface area contributed by atoms with Gasteiger partial charge in [-0.2, -0.15) is 0 Å². The SMILES string of the molecule is CNC(CNS(=O)(=O)c1cccc2cnccc12)c1ccccc1. The van der Waals surface area contributed by atoms with Crippen LogP contribution in [-0.2, 0) is 10.0 Å². The summed E-state index contributed by atoms with van der Waals surface area (Å²) in [6, 6.07) is 16.6. The minimum atomic E-state index is -3.62. The van der Waals surface area contributed by atoms with Crippen molar-refractivity contribution in [3.8, 4) is 0 Å². The summed E-state index contributed by atoms with van der Waals surface area (Å²) >= 11 is 0. The Balaban J connectivity index is 1.86. The minimum absolute atomic E-state index is 0.0994. The fourth-order valence-electron chi connectivity index (χ4n) is 2.67. The highest BCUT2D eigenvalue weighted by molar-refractivity contribution is 7.89. The molecule has 0 aliphatic rings. The molecule has 1 unspecified atom stereocenters. The van der Waals surface area contributed by atoms with Gasteiger partial charge in [0.1, 0.15) is 0 Å². The van der Waals surface area contributed by atoms with Crippen LogP contribution in [0.1, 0.15) is 11.6 Å². The van der Waals surface area contributed by atoms with Gasteiger partial charge in [-0.25, -0.2) is 13.1 Å². The summed E-state index contributed by atoms with van der Waals surface area (Å²) in [6.45, 7) is 0.268. The molecule has 1 heterocycles. The van der Waals surface area contributed by atoms with Crippen molar-refractivity contribution in [2.24, 2.45) is 0 Å². The second kappa shape index (κ2) is 7.09. The minimum Gasteiger partial charge on any atom is -0.312 e. The van der Waals surface area contributed by atoms with Gasteiger partial charge in [0.25, 0.3) is 0 Å². The van der Waals surface area contributed by atoms with Crippen molar-refractivity contribution < 1.29 is 8.42 Å². The third kappa shape index (κ3) is 3.46. The van der Waals surface area contributed by atoms with E-state index < -0.39 is 10.0 Å². The maximum absolute atomic E-state index is 12.7. The number of rotatable bonds is 6. The predicted molar refractivity (Wildman–Crippen MR) is 95.2 cm³/mol. The highest BCUT2D eigenvalue weighted by Crippen LogP contribution is 2.22. The van der Waals surface area contributed by atoms with Gasteiger partial charge < -0.3 is 5.32 Å². The van der Waals surface area contributed by atoms with Gasteiger partial charge in [-0.15, -0.1) is 0 Å². The molecule has 3 rings (SSSR count). The monoisotopic (exact) mass is 341 g/mol. The smallest absolute Gasteiger partial charge is 0.241 e. The van der Waals surface area contributed by atoms with Crippen LogP contribution in [0.25, 0.3) is 10.8 Å². The molecule has 0 spiro atoms. The fourth-order valence-corrected chi connectivity index (χ4v) is 3.94. The van der Waals surface area contributed by atoms with E-state index in [2.05, 4.69) is 15.0 Å². The van der Waals surface area contributed by atoms with E-state index >= 15 is 0 Å². The molecule has 2 aromatic carbocycles. The van der Waals surface area contributed by atoms with E-state index in [1.165, 1.54) is 0 Å². The first-order valence-corrected chi connectivity index (χ1v) is 9.15. The Morgan fingerprint density at radius 3 is 2.58 bits per heavy atom. The van der Waals surface area contributed by atoms with Crippen molar-refractivity contribution in [2.45, 2.75) is 10.9 Å². The van der Waals surface area contributed by atoms with Crippen LogP contribution >= 0.6 is 0 Å². The van der Waals surface area contributed by atoms with Crippen LogP contribution in [0.15, 0.2) is 71.9 Å². The molecule has 6 heteroatoms. The zero-order valence-electron chi connectivity index (χ0n) is 13.3. The molecule has 5 nitrogen and oxygen atoms in total. The Morgan fingerprint density at radius 1 is 1.04 bits per heavy atom. The lowest BCUT2D eigenvalue weighted by Gasteiger charge is -2.18. The highest BCUT2D eigenvalue weighted by Gasteiger charge is 2.19. The number of benzene rings is 2. The summed E-state index contributed by atoms with van der Waals surface area (Å²) in [5, 5.41) is 4.61. The van der Waals surface area contributed by atoms with E-state index in [9.17, 15) is 8.42 Å². The second-order valence-electron chi connectivity index (χ2n) is 5.46. The third-order valence-corrected chi connectivity index (χ3v) is 5.44. The molecular formula is C18H19N3O2S. The number of aromatic nitrogens is 1. The molecule has 0 amide bonds. The Morgan fingerprint density at radius 2 is 1.83 bits per heavy atom. The molecule has 2 N–H and O–H groups in total. The Labute approximate surface area is 141 Å². The molecule has 0 aliphatic carbocycles. The van der Waals surface area contributed by atoms with Gasteiger partial charge >= 0.3 is 0 Å². The first-order chi connectivity index (χ1) is 11.6. The number of pyridine rings is 1. The summed E-state index contributed by atoms with van der Waals surface area (Å²) in [4.78, 5) is 4.31. The number of nitrogens with one attached hydrogen (secondary N) is 2. The summed E-state index contributed by atoms with van der Waals surface area (Å²) < 4.78 is 28.2. The van der Waals surface area contributed by atoms with Crippen molar-refractivity contribution >= 4 is 20.8 Å². The van der Waals surface area contributed by atoms with Crippen LogP contribution in [0.2, 0.25) is 0 Å². The van der Waals surface area contributed by atoms with Crippen LogP contribution in [-0.4, -0.2) is 27.0 Å². The lowest BCUT2D eigenvalue weighted by Crippen LogP contribution is -2.33. The molecule has 1 aromatic heterocycles. The average molecular weight is 341 g/mol. The van der Waals surface area contributed by atoms with Gasteiger partial charge in [-0.3, -0.25) is 4.98 Å². The van der Waals surface area contributed by atoms with Crippen molar-refractivity contribution in [3.63, 3.8) is 0 Å². The van der Waals surface area contributed by atoms with Crippen molar-refractivity contribution in [1.82, 2.24) is 15.0 Å². The largest absolute Gasteiger partial charge is 0.312 e. The number of likely N-dealkylation sites (N-methyl/N-ethyl adjacent to an activating group) is 1. The Hall–Kier alpha value is -2.28. The summed E-state index contributed by atoms with van der Waals surface area (Å²) in [7, 11) is -1.80. The fraction of sp³-hybridized carbons (Fsp3) is 0.167. The number of hydrogen-bond donors (Lipinski definition) is 2. The topological polar surface area (TPSA) is 71.1 Å². The van der Waals surface area contributed by atoms with Crippen LogP contribution in [0.5, 0.6) is 0 Å². The summed E-state index contributed by atoms with van der Waals surface area (Å²) in [6.07, 6.45) is 3.26. The molecule has 0 radical (unpaired) electrons. The summed E-state index contributed by atoms with van der Waals surface area (Å²) in [5.74, 6) is 0. The molecule has 0 saturated heterocycles. The highest BCUT2D eigenvalue weighted by atomic mass is 32.2. The van der Waals surface area contributed by atoms with Gasteiger partial charge in [-0.05, 0) is 24.7 Å². The standard InChI is InChI=1S/C18H19N3O2S/c1-19-17(14-6-3-2-4-7-14)13-21-24(22,23)18-9-5-8-15-12-20-11-10-16(15)18/h2-12,17,19,21H,13H2,1H3. The molecule has 0 fully saturated rings. The van der Waals surface area contributed by atoms with E-state index in [0.717, 1.165) is 10.9 Å². The number of fused-ring (bicyclic) bond motifs is 1. The average Bonchev–Trinajstić information content (AvgIpc) is 2.62. The zero-order chi connectivity index (χ0) is 17.0. The van der Waals surface area contributed by atoms with Crippen LogP contribution in [0.4, 0.5) is 0 Å². The Bertz CT molecular complexity index is 922. The predicted octanol–water partition coefficient (Wildman–Crippen LogP) is 2.47. The molecule has 0 bridgehead atoms. The number of nitrogens with zero attached hydrogens (tertiary/aromatic N) is 1. The van der Waals surface area contributed by atoms with Crippen molar-refractivity contribution in [2.75, 3.05) is 13.6 Å². The lowest BCUT2D eigenvalue weighted by molar-refractivity contribution is 0.548. The Kier molecular flexibility index (Phi) is 4.89. The van der Waals surface area contributed by atoms with E-state index in [1.807, 2.05) is 43.4 Å². The molecule has 124 valence electrons. The molecule has 0 saturated carbocycles. The second-order valence-corrected chi connectivity index (χ2v) is 7.19. The molecule has 0 aliphatic heterocycles. The van der Waals surface area contributed by atoms with E-state index in [4.69, 9.17) is 0 Å². The number of hydrogen-bond acceptors (Lipinski definition) is 4. The lowest BCUT2D eigenvalue weighted by atomic mass is 10.1. The van der Waals surface area contributed by atoms with Crippen LogP contribution in [0, 0.1) is 0 Å². The van der Waals surface area contributed by atoms with Crippen molar-refractivity contribution in [1.29, 1.82) is 0 Å². The van der Waals surface area contributed by atoms with Crippen molar-refractivity contribution in [3.05, 3.63) is 72.6 Å². The normalized spacial score (nSPS) is 13.0. The van der Waals surface area contributed by atoms with Gasteiger partial charge in [-0.1, -0.05) is 42.5 Å². The molecule has 3 aromatic rings. The van der Waals surface area contributed by atoms with Gasteiger partial charge in [0, 0.05) is 35.8 Å². The molecule has 24 heavy (non-hydrogen) atoms. The third-order valence-electron chi connectivity index (χ3n) is 3.96. The van der Waals surface area contributed by atoms with E-state index in [0.29, 0.717) is 5.39 Å². The first kappa shape index (κ1) is 16.6.